The van der Waals surface area contributed by atoms with E-state index in [1.807, 2.05) is 0 Å². The summed E-state index contributed by atoms with van der Waals surface area (Å²) in [6, 6.07) is 10.3. The number of rotatable bonds is 5. The van der Waals surface area contributed by atoms with Gasteiger partial charge in [-0.15, -0.1) is 0 Å². The van der Waals surface area contributed by atoms with Crippen LogP contribution in [0.3, 0.4) is 0 Å². The van der Waals surface area contributed by atoms with Crippen LogP contribution in [-0.2, 0) is 16.6 Å². The third kappa shape index (κ3) is 4.64. The maximum atomic E-state index is 13.1. The molecule has 0 aliphatic heterocycles. The van der Waals surface area contributed by atoms with Crippen molar-refractivity contribution >= 4 is 21.4 Å². The first-order valence-corrected chi connectivity index (χ1v) is 8.02. The normalized spacial score (nSPS) is 11.1. The standard InChI is InChI=1S/C14H15FN2O3S/c1-21(19,20)17-13-5-3-12(4-6-13)16-9-10-8-11(15)2-7-14(10)18/h2-8,16-18H,9H2,1H3. The van der Waals surface area contributed by atoms with Crippen LogP contribution < -0.4 is 10.0 Å². The molecule has 0 unspecified atom stereocenters. The number of benzene rings is 2. The largest absolute Gasteiger partial charge is 0.508 e. The van der Waals surface area contributed by atoms with Crippen molar-refractivity contribution in [2.24, 2.45) is 0 Å². The van der Waals surface area contributed by atoms with E-state index >= 15 is 0 Å². The second-order valence-electron chi connectivity index (χ2n) is 4.58. The molecule has 0 bridgehead atoms. The molecule has 0 spiro atoms. The molecule has 0 saturated heterocycles. The van der Waals surface area contributed by atoms with E-state index in [4.69, 9.17) is 0 Å². The van der Waals surface area contributed by atoms with Crippen LogP contribution in [0.25, 0.3) is 0 Å². The first kappa shape index (κ1) is 15.1. The van der Waals surface area contributed by atoms with Gasteiger partial charge in [-0.25, -0.2) is 12.8 Å². The SMILES string of the molecule is CS(=O)(=O)Nc1ccc(NCc2cc(F)ccc2O)cc1. The summed E-state index contributed by atoms with van der Waals surface area (Å²) in [7, 11) is -3.30. The van der Waals surface area contributed by atoms with Gasteiger partial charge in [-0.2, -0.15) is 0 Å². The van der Waals surface area contributed by atoms with Crippen LogP contribution in [0.5, 0.6) is 5.75 Å². The van der Waals surface area contributed by atoms with E-state index in [0.717, 1.165) is 11.9 Å². The third-order valence-electron chi connectivity index (χ3n) is 2.71. The lowest BCUT2D eigenvalue weighted by molar-refractivity contribution is 0.466. The predicted molar refractivity (Wildman–Crippen MR) is 80.3 cm³/mol. The van der Waals surface area contributed by atoms with Gasteiger partial charge in [0.1, 0.15) is 11.6 Å². The Bertz CT molecular complexity index is 730. The van der Waals surface area contributed by atoms with E-state index in [1.54, 1.807) is 24.3 Å². The minimum Gasteiger partial charge on any atom is -0.508 e. The van der Waals surface area contributed by atoms with E-state index in [1.165, 1.54) is 18.2 Å². The van der Waals surface area contributed by atoms with Crippen LogP contribution in [-0.4, -0.2) is 19.8 Å². The fraction of sp³-hybridized carbons (Fsp3) is 0.143. The van der Waals surface area contributed by atoms with Gasteiger partial charge in [0.15, 0.2) is 0 Å². The molecule has 0 heterocycles. The van der Waals surface area contributed by atoms with Crippen molar-refractivity contribution in [3.05, 3.63) is 53.8 Å². The summed E-state index contributed by atoms with van der Waals surface area (Å²) in [6.45, 7) is 0.252. The van der Waals surface area contributed by atoms with Crippen molar-refractivity contribution in [3.63, 3.8) is 0 Å². The molecule has 0 aromatic heterocycles. The fourth-order valence-electron chi connectivity index (χ4n) is 1.76. The average Bonchev–Trinajstić information content (AvgIpc) is 2.40. The van der Waals surface area contributed by atoms with Gasteiger partial charge in [-0.3, -0.25) is 4.72 Å². The first-order valence-electron chi connectivity index (χ1n) is 6.12. The van der Waals surface area contributed by atoms with E-state index in [2.05, 4.69) is 10.0 Å². The summed E-state index contributed by atoms with van der Waals surface area (Å²) < 4.78 is 37.6. The zero-order valence-electron chi connectivity index (χ0n) is 11.3. The first-order chi connectivity index (χ1) is 9.83. The summed E-state index contributed by atoms with van der Waals surface area (Å²) in [4.78, 5) is 0. The molecular weight excluding hydrogens is 295 g/mol. The lowest BCUT2D eigenvalue weighted by Crippen LogP contribution is -2.09. The molecule has 0 fully saturated rings. The molecule has 0 amide bonds. The van der Waals surface area contributed by atoms with Crippen LogP contribution in [0.4, 0.5) is 15.8 Å². The molecule has 112 valence electrons. The number of phenols is 1. The number of hydrogen-bond acceptors (Lipinski definition) is 4. The van der Waals surface area contributed by atoms with Gasteiger partial charge in [0.2, 0.25) is 10.0 Å². The molecule has 2 rings (SSSR count). The average molecular weight is 310 g/mol. The van der Waals surface area contributed by atoms with Gasteiger partial charge in [-0.05, 0) is 42.5 Å². The Kier molecular flexibility index (Phi) is 4.32. The minimum atomic E-state index is -3.30. The Morgan fingerprint density at radius 1 is 1.10 bits per heavy atom. The molecular formula is C14H15FN2O3S. The van der Waals surface area contributed by atoms with Crippen LogP contribution in [0.2, 0.25) is 0 Å². The van der Waals surface area contributed by atoms with Crippen molar-refractivity contribution < 1.29 is 17.9 Å². The number of halogens is 1. The van der Waals surface area contributed by atoms with Gasteiger partial charge < -0.3 is 10.4 Å². The minimum absolute atomic E-state index is 0.0132. The zero-order valence-corrected chi connectivity index (χ0v) is 12.1. The van der Waals surface area contributed by atoms with Gasteiger partial charge in [0.05, 0.1) is 6.26 Å². The molecule has 0 radical (unpaired) electrons. The molecule has 0 saturated carbocycles. The summed E-state index contributed by atoms with van der Waals surface area (Å²) in [5, 5.41) is 12.6. The van der Waals surface area contributed by atoms with Gasteiger partial charge >= 0.3 is 0 Å². The Hall–Kier alpha value is -2.28. The second kappa shape index (κ2) is 6.01. The quantitative estimate of drug-likeness (QED) is 0.793. The fourth-order valence-corrected chi connectivity index (χ4v) is 2.33. The zero-order chi connectivity index (χ0) is 15.5. The summed E-state index contributed by atoms with van der Waals surface area (Å²) in [5.41, 5.74) is 1.61. The lowest BCUT2D eigenvalue weighted by Gasteiger charge is -2.09. The van der Waals surface area contributed by atoms with Crippen molar-refractivity contribution in [2.45, 2.75) is 6.54 Å². The van der Waals surface area contributed by atoms with Gasteiger partial charge in [0, 0.05) is 23.5 Å². The Morgan fingerprint density at radius 2 is 1.71 bits per heavy atom. The Morgan fingerprint density at radius 3 is 2.33 bits per heavy atom. The van der Waals surface area contributed by atoms with E-state index < -0.39 is 15.8 Å². The summed E-state index contributed by atoms with van der Waals surface area (Å²) >= 11 is 0. The monoisotopic (exact) mass is 310 g/mol. The van der Waals surface area contributed by atoms with E-state index in [0.29, 0.717) is 11.3 Å². The number of anilines is 2. The van der Waals surface area contributed by atoms with Crippen LogP contribution in [0.15, 0.2) is 42.5 Å². The van der Waals surface area contributed by atoms with Gasteiger partial charge in [-0.1, -0.05) is 0 Å². The highest BCUT2D eigenvalue weighted by Gasteiger charge is 2.04. The molecule has 2 aromatic carbocycles. The lowest BCUT2D eigenvalue weighted by atomic mass is 10.2. The number of phenolic OH excluding ortho intramolecular Hbond substituents is 1. The Labute approximate surface area is 122 Å². The van der Waals surface area contributed by atoms with Crippen LogP contribution >= 0.6 is 0 Å². The van der Waals surface area contributed by atoms with Crippen molar-refractivity contribution in [3.8, 4) is 5.75 Å². The van der Waals surface area contributed by atoms with Crippen molar-refractivity contribution in [1.29, 1.82) is 0 Å². The molecule has 3 N–H and O–H groups in total. The van der Waals surface area contributed by atoms with E-state index in [9.17, 15) is 17.9 Å². The molecule has 5 nitrogen and oxygen atoms in total. The second-order valence-corrected chi connectivity index (χ2v) is 6.33. The molecule has 0 atom stereocenters. The van der Waals surface area contributed by atoms with Crippen LogP contribution in [0.1, 0.15) is 5.56 Å². The summed E-state index contributed by atoms with van der Waals surface area (Å²) in [5.74, 6) is -0.406. The number of hydrogen-bond donors (Lipinski definition) is 3. The molecule has 0 aliphatic carbocycles. The van der Waals surface area contributed by atoms with Crippen molar-refractivity contribution in [2.75, 3.05) is 16.3 Å². The highest BCUT2D eigenvalue weighted by atomic mass is 32.2. The smallest absolute Gasteiger partial charge is 0.229 e. The Balaban J connectivity index is 2.02. The molecule has 0 aliphatic rings. The molecule has 21 heavy (non-hydrogen) atoms. The number of aromatic hydroxyl groups is 1. The van der Waals surface area contributed by atoms with E-state index in [-0.39, 0.29) is 12.3 Å². The van der Waals surface area contributed by atoms with Gasteiger partial charge in [0.25, 0.3) is 0 Å². The maximum Gasteiger partial charge on any atom is 0.229 e. The molecule has 2 aromatic rings. The third-order valence-corrected chi connectivity index (χ3v) is 3.32. The predicted octanol–water partition coefficient (Wildman–Crippen LogP) is 2.51. The molecule has 7 heteroatoms. The number of sulfonamides is 1. The van der Waals surface area contributed by atoms with Crippen molar-refractivity contribution in [1.82, 2.24) is 0 Å². The maximum absolute atomic E-state index is 13.1. The van der Waals surface area contributed by atoms with Crippen LogP contribution in [0, 0.1) is 5.82 Å². The highest BCUT2D eigenvalue weighted by Crippen LogP contribution is 2.20. The highest BCUT2D eigenvalue weighted by molar-refractivity contribution is 7.92. The number of nitrogens with one attached hydrogen (secondary N) is 2. The topological polar surface area (TPSA) is 78.4 Å². The summed E-state index contributed by atoms with van der Waals surface area (Å²) in [6.07, 6.45) is 1.08.